The zero-order chi connectivity index (χ0) is 17.0. The van der Waals surface area contributed by atoms with Gasteiger partial charge in [-0.2, -0.15) is 0 Å². The summed E-state index contributed by atoms with van der Waals surface area (Å²) in [5.41, 5.74) is 0.0750. The highest BCUT2D eigenvalue weighted by atomic mass is 32.2. The minimum Gasteiger partial charge on any atom is -0.381 e. The maximum Gasteiger partial charge on any atom is 0.329 e. The molecule has 0 fully saturated rings. The fourth-order valence-electron chi connectivity index (χ4n) is 2.26. The lowest BCUT2D eigenvalue weighted by molar-refractivity contribution is 0.164. The number of aromatic amines is 1. The molecule has 0 saturated carbocycles. The van der Waals surface area contributed by atoms with Crippen molar-refractivity contribution in [1.29, 1.82) is 0 Å². The van der Waals surface area contributed by atoms with Crippen LogP contribution in [0.5, 0.6) is 0 Å². The molecule has 0 unspecified atom stereocenters. The Morgan fingerprint density at radius 2 is 2.09 bits per heavy atom. The van der Waals surface area contributed by atoms with Crippen molar-refractivity contribution < 1.29 is 4.74 Å². The standard InChI is InChI=1S/C15H24N4O3S/c1-5-22-8-9-23-15-16-12-11(19(15)7-6-10(2)3)13(20)17-14(21)18(12)4/h10H,5-9H2,1-4H3,(H,17,20,21). The molecule has 2 rings (SSSR count). The van der Waals surface area contributed by atoms with Gasteiger partial charge < -0.3 is 9.30 Å². The lowest BCUT2D eigenvalue weighted by atomic mass is 10.1. The first-order valence-corrected chi connectivity index (χ1v) is 8.84. The number of ether oxygens (including phenoxy) is 1. The Hall–Kier alpha value is -1.54. The molecular formula is C15H24N4O3S. The molecule has 0 atom stereocenters. The Balaban J connectivity index is 2.44. The van der Waals surface area contributed by atoms with Gasteiger partial charge in [-0.3, -0.25) is 14.3 Å². The number of imidazole rings is 1. The van der Waals surface area contributed by atoms with Crippen LogP contribution in [0.25, 0.3) is 11.2 Å². The van der Waals surface area contributed by atoms with Crippen LogP contribution in [0.4, 0.5) is 0 Å². The lowest BCUT2D eigenvalue weighted by Crippen LogP contribution is -2.29. The van der Waals surface area contributed by atoms with Crippen molar-refractivity contribution in [3.05, 3.63) is 20.8 Å². The van der Waals surface area contributed by atoms with Gasteiger partial charge in [-0.15, -0.1) is 0 Å². The summed E-state index contributed by atoms with van der Waals surface area (Å²) in [6, 6.07) is 0. The van der Waals surface area contributed by atoms with Gasteiger partial charge >= 0.3 is 5.69 Å². The molecule has 2 heterocycles. The molecule has 0 amide bonds. The number of rotatable bonds is 8. The van der Waals surface area contributed by atoms with Gasteiger partial charge in [0.1, 0.15) is 0 Å². The number of nitrogens with one attached hydrogen (secondary N) is 1. The van der Waals surface area contributed by atoms with Crippen molar-refractivity contribution in [2.45, 2.75) is 38.9 Å². The van der Waals surface area contributed by atoms with E-state index in [2.05, 4.69) is 23.8 Å². The average Bonchev–Trinajstić information content (AvgIpc) is 2.86. The monoisotopic (exact) mass is 340 g/mol. The molecule has 2 aromatic heterocycles. The number of hydrogen-bond donors (Lipinski definition) is 1. The van der Waals surface area contributed by atoms with Crippen molar-refractivity contribution in [1.82, 2.24) is 19.1 Å². The highest BCUT2D eigenvalue weighted by Gasteiger charge is 2.17. The van der Waals surface area contributed by atoms with Crippen LogP contribution in [0, 0.1) is 5.92 Å². The first-order chi connectivity index (χ1) is 11.0. The quantitative estimate of drug-likeness (QED) is 0.583. The van der Waals surface area contributed by atoms with Crippen LogP contribution in [0.1, 0.15) is 27.2 Å². The Labute approximate surface area is 139 Å². The molecule has 7 nitrogen and oxygen atoms in total. The van der Waals surface area contributed by atoms with E-state index in [4.69, 9.17) is 4.74 Å². The van der Waals surface area contributed by atoms with Crippen molar-refractivity contribution >= 4 is 22.9 Å². The Morgan fingerprint density at radius 3 is 2.74 bits per heavy atom. The molecule has 0 aromatic carbocycles. The van der Waals surface area contributed by atoms with E-state index in [0.717, 1.165) is 17.3 Å². The number of fused-ring (bicyclic) bond motifs is 1. The fourth-order valence-corrected chi connectivity index (χ4v) is 3.13. The highest BCUT2D eigenvalue weighted by molar-refractivity contribution is 7.99. The van der Waals surface area contributed by atoms with Crippen molar-refractivity contribution in [2.75, 3.05) is 19.0 Å². The van der Waals surface area contributed by atoms with E-state index >= 15 is 0 Å². The van der Waals surface area contributed by atoms with E-state index in [-0.39, 0.29) is 5.56 Å². The van der Waals surface area contributed by atoms with E-state index in [0.29, 0.717) is 36.8 Å². The number of H-pyrrole nitrogens is 1. The minimum absolute atomic E-state index is 0.379. The number of thioether (sulfide) groups is 1. The molecule has 0 aliphatic rings. The predicted octanol–water partition coefficient (Wildman–Crippen LogP) is 1.60. The molecule has 2 aromatic rings. The molecule has 0 aliphatic heterocycles. The highest BCUT2D eigenvalue weighted by Crippen LogP contribution is 2.22. The Morgan fingerprint density at radius 1 is 1.35 bits per heavy atom. The molecule has 1 N–H and O–H groups in total. The van der Waals surface area contributed by atoms with Crippen LogP contribution < -0.4 is 11.2 Å². The molecule has 0 aliphatic carbocycles. The van der Waals surface area contributed by atoms with Gasteiger partial charge in [-0.25, -0.2) is 9.78 Å². The van der Waals surface area contributed by atoms with Crippen molar-refractivity contribution in [3.63, 3.8) is 0 Å². The van der Waals surface area contributed by atoms with Gasteiger partial charge in [0.15, 0.2) is 16.3 Å². The van der Waals surface area contributed by atoms with Crippen LogP contribution in [-0.4, -0.2) is 38.1 Å². The maximum atomic E-state index is 12.2. The van der Waals surface area contributed by atoms with E-state index in [9.17, 15) is 9.59 Å². The molecular weight excluding hydrogens is 316 g/mol. The second-order valence-corrected chi connectivity index (χ2v) is 6.83. The van der Waals surface area contributed by atoms with Crippen LogP contribution in [-0.2, 0) is 18.3 Å². The van der Waals surface area contributed by atoms with Crippen LogP contribution in [0.15, 0.2) is 14.7 Å². The molecule has 8 heteroatoms. The van der Waals surface area contributed by atoms with Crippen LogP contribution >= 0.6 is 11.8 Å². The van der Waals surface area contributed by atoms with E-state index < -0.39 is 5.69 Å². The summed E-state index contributed by atoms with van der Waals surface area (Å²) in [5, 5.41) is 0.757. The summed E-state index contributed by atoms with van der Waals surface area (Å²) in [7, 11) is 1.62. The molecule has 128 valence electrons. The number of hydrogen-bond acceptors (Lipinski definition) is 5. The van der Waals surface area contributed by atoms with Gasteiger partial charge in [-0.1, -0.05) is 25.6 Å². The third-order valence-electron chi connectivity index (χ3n) is 3.57. The number of nitrogens with zero attached hydrogens (tertiary/aromatic N) is 3. The summed E-state index contributed by atoms with van der Waals surface area (Å²) in [6.07, 6.45) is 0.937. The molecule has 0 saturated heterocycles. The van der Waals surface area contributed by atoms with Crippen LogP contribution in [0.2, 0.25) is 0 Å². The molecule has 0 radical (unpaired) electrons. The SMILES string of the molecule is CCOCCSc1nc2c(c(=O)[nH]c(=O)n2C)n1CCC(C)C. The maximum absolute atomic E-state index is 12.2. The lowest BCUT2D eigenvalue weighted by Gasteiger charge is -2.10. The molecule has 23 heavy (non-hydrogen) atoms. The second kappa shape index (κ2) is 7.83. The predicted molar refractivity (Wildman–Crippen MR) is 92.3 cm³/mol. The van der Waals surface area contributed by atoms with Gasteiger partial charge in [0.2, 0.25) is 0 Å². The summed E-state index contributed by atoms with van der Waals surface area (Å²) < 4.78 is 8.66. The third kappa shape index (κ3) is 4.06. The van der Waals surface area contributed by atoms with Crippen LogP contribution in [0.3, 0.4) is 0 Å². The third-order valence-corrected chi connectivity index (χ3v) is 4.51. The fraction of sp³-hybridized carbons (Fsp3) is 0.667. The first kappa shape index (κ1) is 17.8. The second-order valence-electron chi connectivity index (χ2n) is 5.76. The van der Waals surface area contributed by atoms with E-state index in [1.807, 2.05) is 11.5 Å². The van der Waals surface area contributed by atoms with Crippen molar-refractivity contribution in [2.24, 2.45) is 13.0 Å². The largest absolute Gasteiger partial charge is 0.381 e. The Kier molecular flexibility index (Phi) is 6.06. The van der Waals surface area contributed by atoms with Gasteiger partial charge in [0.05, 0.1) is 6.61 Å². The summed E-state index contributed by atoms with van der Waals surface area (Å²) >= 11 is 1.55. The first-order valence-electron chi connectivity index (χ1n) is 7.85. The molecule has 0 bridgehead atoms. The van der Waals surface area contributed by atoms with E-state index in [1.165, 1.54) is 4.57 Å². The summed E-state index contributed by atoms with van der Waals surface area (Å²) in [6.45, 7) is 8.24. The van der Waals surface area contributed by atoms with Gasteiger partial charge in [0.25, 0.3) is 5.56 Å². The van der Waals surface area contributed by atoms with E-state index in [1.54, 1.807) is 18.8 Å². The molecule has 0 spiro atoms. The smallest absolute Gasteiger partial charge is 0.329 e. The number of aromatic nitrogens is 4. The zero-order valence-corrected chi connectivity index (χ0v) is 14.9. The van der Waals surface area contributed by atoms with Gasteiger partial charge in [-0.05, 0) is 19.3 Å². The van der Waals surface area contributed by atoms with Gasteiger partial charge in [0, 0.05) is 26.0 Å². The number of aryl methyl sites for hydroxylation is 2. The normalized spacial score (nSPS) is 11.7. The summed E-state index contributed by atoms with van der Waals surface area (Å²) in [4.78, 5) is 30.9. The van der Waals surface area contributed by atoms with Crippen molar-refractivity contribution in [3.8, 4) is 0 Å². The minimum atomic E-state index is -0.443. The zero-order valence-electron chi connectivity index (χ0n) is 14.1. The summed E-state index contributed by atoms with van der Waals surface area (Å²) in [5.74, 6) is 1.27. The topological polar surface area (TPSA) is 81.9 Å². The Bertz CT molecular complexity index is 775. The average molecular weight is 340 g/mol.